The average Bonchev–Trinajstić information content (AvgIpc) is 3.21. The Hall–Kier alpha value is -0.940. The zero-order valence-electron chi connectivity index (χ0n) is 12.0. The van der Waals surface area contributed by atoms with Gasteiger partial charge in [0.05, 0.1) is 11.2 Å². The Balaban J connectivity index is 1.52. The van der Waals surface area contributed by atoms with Crippen molar-refractivity contribution < 1.29 is 4.79 Å². The van der Waals surface area contributed by atoms with Gasteiger partial charge in [-0.25, -0.2) is 4.98 Å². The molecule has 20 heavy (non-hydrogen) atoms. The van der Waals surface area contributed by atoms with Crippen LogP contribution in [0.1, 0.15) is 38.3 Å². The van der Waals surface area contributed by atoms with Crippen molar-refractivity contribution >= 4 is 17.2 Å². The van der Waals surface area contributed by atoms with Crippen molar-refractivity contribution in [2.45, 2.75) is 45.2 Å². The molecule has 2 aliphatic rings. The molecular formula is C15H23N3OS. The van der Waals surface area contributed by atoms with E-state index in [2.05, 4.69) is 27.5 Å². The number of likely N-dealkylation sites (tertiary alicyclic amines) is 1. The fraction of sp³-hybridized carbons (Fsp3) is 0.733. The van der Waals surface area contributed by atoms with Crippen LogP contribution in [0.5, 0.6) is 0 Å². The maximum absolute atomic E-state index is 12.2. The Labute approximate surface area is 124 Å². The minimum atomic E-state index is 0.354. The molecule has 1 N–H and O–H groups in total. The Morgan fingerprint density at radius 1 is 1.50 bits per heavy atom. The minimum absolute atomic E-state index is 0.354. The van der Waals surface area contributed by atoms with Gasteiger partial charge >= 0.3 is 0 Å². The summed E-state index contributed by atoms with van der Waals surface area (Å²) >= 11 is 1.64. The van der Waals surface area contributed by atoms with Crippen LogP contribution in [-0.2, 0) is 11.3 Å². The molecule has 0 radical (unpaired) electrons. The van der Waals surface area contributed by atoms with Crippen LogP contribution in [0.15, 0.2) is 10.9 Å². The van der Waals surface area contributed by atoms with E-state index < -0.39 is 0 Å². The third-order valence-corrected chi connectivity index (χ3v) is 5.16. The number of carbonyl (C=O) groups is 1. The molecule has 2 atom stereocenters. The molecule has 1 amide bonds. The SMILES string of the molecule is CC[C@H]1CN(C(=O)C2CC2)CC[C@H]1NCc1cscn1. The van der Waals surface area contributed by atoms with E-state index in [0.29, 0.717) is 23.8 Å². The summed E-state index contributed by atoms with van der Waals surface area (Å²) in [5.41, 5.74) is 3.01. The van der Waals surface area contributed by atoms with E-state index >= 15 is 0 Å². The van der Waals surface area contributed by atoms with Crippen LogP contribution in [-0.4, -0.2) is 34.9 Å². The Morgan fingerprint density at radius 3 is 3.00 bits per heavy atom. The molecule has 2 fully saturated rings. The number of aromatic nitrogens is 1. The first kappa shape index (κ1) is 14.0. The van der Waals surface area contributed by atoms with E-state index in [1.165, 1.54) is 0 Å². The number of carbonyl (C=O) groups excluding carboxylic acids is 1. The van der Waals surface area contributed by atoms with Crippen LogP contribution < -0.4 is 5.32 Å². The molecule has 1 saturated heterocycles. The standard InChI is InChI=1S/C15H23N3OS/c1-2-11-8-18(15(19)12-3-4-12)6-5-14(11)16-7-13-9-20-10-17-13/h9-12,14,16H,2-8H2,1H3/t11-,14+/m0/s1. The van der Waals surface area contributed by atoms with Crippen molar-refractivity contribution in [3.05, 3.63) is 16.6 Å². The van der Waals surface area contributed by atoms with Crippen LogP contribution in [0.25, 0.3) is 0 Å². The van der Waals surface area contributed by atoms with E-state index in [4.69, 9.17) is 0 Å². The molecule has 5 heteroatoms. The lowest BCUT2D eigenvalue weighted by molar-refractivity contribution is -0.134. The monoisotopic (exact) mass is 293 g/mol. The minimum Gasteiger partial charge on any atom is -0.342 e. The second-order valence-electron chi connectivity index (χ2n) is 5.98. The lowest BCUT2D eigenvalue weighted by Crippen LogP contribution is -2.51. The maximum Gasteiger partial charge on any atom is 0.225 e. The van der Waals surface area contributed by atoms with Crippen molar-refractivity contribution in [3.8, 4) is 0 Å². The number of rotatable bonds is 5. The first-order chi connectivity index (χ1) is 9.78. The average molecular weight is 293 g/mol. The van der Waals surface area contributed by atoms with Crippen LogP contribution in [0.3, 0.4) is 0 Å². The summed E-state index contributed by atoms with van der Waals surface area (Å²) in [6.07, 6.45) is 4.42. The van der Waals surface area contributed by atoms with Gasteiger partial charge in [-0.2, -0.15) is 0 Å². The summed E-state index contributed by atoms with van der Waals surface area (Å²) in [5, 5.41) is 5.73. The van der Waals surface area contributed by atoms with E-state index in [9.17, 15) is 4.79 Å². The molecule has 0 spiro atoms. The number of nitrogens with one attached hydrogen (secondary N) is 1. The van der Waals surface area contributed by atoms with Gasteiger partial charge in [0.15, 0.2) is 0 Å². The van der Waals surface area contributed by atoms with Crippen LogP contribution in [0.2, 0.25) is 0 Å². The topological polar surface area (TPSA) is 45.2 Å². The lowest BCUT2D eigenvalue weighted by atomic mass is 9.89. The highest BCUT2D eigenvalue weighted by molar-refractivity contribution is 7.07. The first-order valence-corrected chi connectivity index (χ1v) is 8.61. The summed E-state index contributed by atoms with van der Waals surface area (Å²) in [6.45, 7) is 4.93. The van der Waals surface area contributed by atoms with Gasteiger partial charge in [-0.3, -0.25) is 4.79 Å². The largest absolute Gasteiger partial charge is 0.342 e. The van der Waals surface area contributed by atoms with Crippen molar-refractivity contribution in [2.24, 2.45) is 11.8 Å². The van der Waals surface area contributed by atoms with E-state index in [1.807, 2.05) is 5.51 Å². The fourth-order valence-electron chi connectivity index (χ4n) is 3.06. The third kappa shape index (κ3) is 3.20. The molecule has 1 aliphatic heterocycles. The second kappa shape index (κ2) is 6.22. The molecular weight excluding hydrogens is 270 g/mol. The van der Waals surface area contributed by atoms with Crippen molar-refractivity contribution in [3.63, 3.8) is 0 Å². The van der Waals surface area contributed by atoms with Crippen molar-refractivity contribution in [2.75, 3.05) is 13.1 Å². The molecule has 1 aliphatic carbocycles. The van der Waals surface area contributed by atoms with Gasteiger partial charge in [0.2, 0.25) is 5.91 Å². The molecule has 1 aromatic heterocycles. The van der Waals surface area contributed by atoms with Gasteiger partial charge in [0.1, 0.15) is 0 Å². The number of nitrogens with zero attached hydrogens (tertiary/aromatic N) is 2. The molecule has 3 rings (SSSR count). The van der Waals surface area contributed by atoms with E-state index in [-0.39, 0.29) is 0 Å². The predicted molar refractivity (Wildman–Crippen MR) is 80.4 cm³/mol. The molecule has 2 heterocycles. The molecule has 0 aromatic carbocycles. The lowest BCUT2D eigenvalue weighted by Gasteiger charge is -2.39. The summed E-state index contributed by atoms with van der Waals surface area (Å²) < 4.78 is 0. The van der Waals surface area contributed by atoms with Crippen molar-refractivity contribution in [1.82, 2.24) is 15.2 Å². The Kier molecular flexibility index (Phi) is 4.36. The highest BCUT2D eigenvalue weighted by atomic mass is 32.1. The van der Waals surface area contributed by atoms with Gasteiger partial charge < -0.3 is 10.2 Å². The highest BCUT2D eigenvalue weighted by Crippen LogP contribution is 2.33. The van der Waals surface area contributed by atoms with Crippen LogP contribution in [0, 0.1) is 11.8 Å². The number of hydrogen-bond donors (Lipinski definition) is 1. The van der Waals surface area contributed by atoms with Gasteiger partial charge in [-0.1, -0.05) is 13.3 Å². The first-order valence-electron chi connectivity index (χ1n) is 7.67. The Morgan fingerprint density at radius 2 is 2.35 bits per heavy atom. The number of piperidine rings is 1. The van der Waals surface area contributed by atoms with Crippen LogP contribution in [0.4, 0.5) is 0 Å². The zero-order chi connectivity index (χ0) is 13.9. The zero-order valence-corrected chi connectivity index (χ0v) is 12.9. The molecule has 1 aromatic rings. The molecule has 0 bridgehead atoms. The van der Waals surface area contributed by atoms with Crippen molar-refractivity contribution in [1.29, 1.82) is 0 Å². The summed E-state index contributed by atoms with van der Waals surface area (Å²) in [4.78, 5) is 18.6. The highest BCUT2D eigenvalue weighted by Gasteiger charge is 2.37. The quantitative estimate of drug-likeness (QED) is 0.906. The number of amides is 1. The normalized spacial score (nSPS) is 26.8. The third-order valence-electron chi connectivity index (χ3n) is 4.53. The van der Waals surface area contributed by atoms with E-state index in [1.54, 1.807) is 11.3 Å². The molecule has 1 saturated carbocycles. The van der Waals surface area contributed by atoms with Gasteiger partial charge in [0.25, 0.3) is 0 Å². The summed E-state index contributed by atoms with van der Waals surface area (Å²) in [7, 11) is 0. The number of hydrogen-bond acceptors (Lipinski definition) is 4. The van der Waals surface area contributed by atoms with Crippen LogP contribution >= 0.6 is 11.3 Å². The second-order valence-corrected chi connectivity index (χ2v) is 6.70. The van der Waals surface area contributed by atoms with E-state index in [0.717, 1.165) is 51.0 Å². The fourth-order valence-corrected chi connectivity index (χ4v) is 3.62. The molecule has 110 valence electrons. The predicted octanol–water partition coefficient (Wildman–Crippen LogP) is 2.27. The molecule has 4 nitrogen and oxygen atoms in total. The molecule has 0 unspecified atom stereocenters. The number of thiazole rings is 1. The maximum atomic E-state index is 12.2. The van der Waals surface area contributed by atoms with Gasteiger partial charge in [-0.05, 0) is 25.2 Å². The smallest absolute Gasteiger partial charge is 0.225 e. The summed E-state index contributed by atoms with van der Waals surface area (Å²) in [6, 6.07) is 0.518. The Bertz CT molecular complexity index is 444. The summed E-state index contributed by atoms with van der Waals surface area (Å²) in [5.74, 6) is 1.33. The van der Waals surface area contributed by atoms with Gasteiger partial charge in [0, 0.05) is 37.0 Å². The van der Waals surface area contributed by atoms with Gasteiger partial charge in [-0.15, -0.1) is 11.3 Å².